The first-order valence-electron chi connectivity index (χ1n) is 5.39. The SMILES string of the molecule is CCC(C)C(=O)C(C#N)c1ccc(Cl)c(Cl)c1. The minimum Gasteiger partial charge on any atom is -0.298 e. The number of carbonyl (C=O) groups excluding carboxylic acids is 1. The van der Waals surface area contributed by atoms with Crippen LogP contribution in [0.2, 0.25) is 10.0 Å². The highest BCUT2D eigenvalue weighted by molar-refractivity contribution is 6.42. The Bertz CT molecular complexity index is 465. The summed E-state index contributed by atoms with van der Waals surface area (Å²) in [6.07, 6.45) is 0.721. The molecular weight excluding hydrogens is 257 g/mol. The van der Waals surface area contributed by atoms with Crippen LogP contribution in [0.4, 0.5) is 0 Å². The molecule has 0 aliphatic heterocycles. The Balaban J connectivity index is 3.07. The molecule has 0 fully saturated rings. The van der Waals surface area contributed by atoms with Gasteiger partial charge in [-0.3, -0.25) is 4.79 Å². The summed E-state index contributed by atoms with van der Waals surface area (Å²) in [5, 5.41) is 9.89. The topological polar surface area (TPSA) is 40.9 Å². The Morgan fingerprint density at radius 1 is 1.41 bits per heavy atom. The molecule has 0 spiro atoms. The molecule has 0 aliphatic rings. The van der Waals surface area contributed by atoms with E-state index < -0.39 is 5.92 Å². The first kappa shape index (κ1) is 14.0. The van der Waals surface area contributed by atoms with Crippen molar-refractivity contribution in [2.75, 3.05) is 0 Å². The Morgan fingerprint density at radius 3 is 2.53 bits per heavy atom. The summed E-state index contributed by atoms with van der Waals surface area (Å²) in [5.74, 6) is -0.970. The molecule has 0 amide bonds. The smallest absolute Gasteiger partial charge is 0.157 e. The van der Waals surface area contributed by atoms with Gasteiger partial charge in [-0.05, 0) is 24.1 Å². The molecular formula is C13H13Cl2NO. The maximum atomic E-state index is 12.0. The summed E-state index contributed by atoms with van der Waals surface area (Å²) >= 11 is 11.7. The van der Waals surface area contributed by atoms with E-state index >= 15 is 0 Å². The Kier molecular flexibility index (Phi) is 4.99. The minimum atomic E-state index is -0.764. The fraction of sp³-hybridized carbons (Fsp3) is 0.385. The average Bonchev–Trinajstić information content (AvgIpc) is 2.33. The lowest BCUT2D eigenvalue weighted by Crippen LogP contribution is -2.18. The Labute approximate surface area is 111 Å². The molecule has 2 atom stereocenters. The summed E-state index contributed by atoms with van der Waals surface area (Å²) in [5.41, 5.74) is 0.604. The highest BCUT2D eigenvalue weighted by atomic mass is 35.5. The van der Waals surface area contributed by atoms with E-state index in [0.29, 0.717) is 15.6 Å². The van der Waals surface area contributed by atoms with Gasteiger partial charge in [0, 0.05) is 5.92 Å². The Hall–Kier alpha value is -1.04. The second kappa shape index (κ2) is 6.05. The number of nitriles is 1. The number of hydrogen-bond acceptors (Lipinski definition) is 2. The number of rotatable bonds is 4. The zero-order chi connectivity index (χ0) is 13.0. The predicted molar refractivity (Wildman–Crippen MR) is 69.3 cm³/mol. The van der Waals surface area contributed by atoms with E-state index in [1.807, 2.05) is 19.9 Å². The second-order valence-electron chi connectivity index (χ2n) is 3.95. The molecule has 1 rings (SSSR count). The summed E-state index contributed by atoms with van der Waals surface area (Å²) in [6, 6.07) is 6.88. The molecule has 0 bridgehead atoms. The second-order valence-corrected chi connectivity index (χ2v) is 4.76. The van der Waals surface area contributed by atoms with Crippen molar-refractivity contribution < 1.29 is 4.79 Å². The van der Waals surface area contributed by atoms with Gasteiger partial charge in [0.25, 0.3) is 0 Å². The fourth-order valence-corrected chi connectivity index (χ4v) is 1.79. The zero-order valence-corrected chi connectivity index (χ0v) is 11.2. The third-order valence-electron chi connectivity index (χ3n) is 2.79. The molecule has 1 aromatic rings. The van der Waals surface area contributed by atoms with Gasteiger partial charge in [0.15, 0.2) is 5.78 Å². The van der Waals surface area contributed by atoms with E-state index in [1.165, 1.54) is 0 Å². The molecule has 0 aromatic heterocycles. The summed E-state index contributed by atoms with van der Waals surface area (Å²) in [7, 11) is 0. The molecule has 0 radical (unpaired) electrons. The van der Waals surface area contributed by atoms with Crippen molar-refractivity contribution in [2.24, 2.45) is 5.92 Å². The first-order valence-corrected chi connectivity index (χ1v) is 6.15. The highest BCUT2D eigenvalue weighted by Crippen LogP contribution is 2.28. The van der Waals surface area contributed by atoms with Crippen molar-refractivity contribution in [1.82, 2.24) is 0 Å². The van der Waals surface area contributed by atoms with Crippen LogP contribution in [0.25, 0.3) is 0 Å². The number of carbonyl (C=O) groups is 1. The molecule has 0 heterocycles. The highest BCUT2D eigenvalue weighted by Gasteiger charge is 2.24. The number of benzene rings is 1. The lowest BCUT2D eigenvalue weighted by Gasteiger charge is -2.13. The van der Waals surface area contributed by atoms with E-state index in [4.69, 9.17) is 28.5 Å². The summed E-state index contributed by atoms with van der Waals surface area (Å²) in [6.45, 7) is 3.75. The number of Topliss-reactive ketones (excluding diaryl/α,β-unsaturated/α-hetero) is 1. The van der Waals surface area contributed by atoms with Gasteiger partial charge < -0.3 is 0 Å². The van der Waals surface area contributed by atoms with Crippen LogP contribution in [0.1, 0.15) is 31.7 Å². The minimum absolute atomic E-state index is 0.0756. The van der Waals surface area contributed by atoms with Crippen LogP contribution in [0.5, 0.6) is 0 Å². The van der Waals surface area contributed by atoms with Crippen LogP contribution in [-0.4, -0.2) is 5.78 Å². The van der Waals surface area contributed by atoms with E-state index in [1.54, 1.807) is 18.2 Å². The molecule has 0 saturated carbocycles. The molecule has 17 heavy (non-hydrogen) atoms. The normalized spacial score (nSPS) is 13.8. The zero-order valence-electron chi connectivity index (χ0n) is 9.71. The van der Waals surface area contributed by atoms with E-state index in [0.717, 1.165) is 6.42 Å². The van der Waals surface area contributed by atoms with Crippen LogP contribution in [0.3, 0.4) is 0 Å². The molecule has 0 saturated heterocycles. The Morgan fingerprint density at radius 2 is 2.06 bits per heavy atom. The lowest BCUT2D eigenvalue weighted by atomic mass is 9.88. The molecule has 1 aromatic carbocycles. The van der Waals surface area contributed by atoms with E-state index in [-0.39, 0.29) is 11.7 Å². The van der Waals surface area contributed by atoms with Crippen LogP contribution in [-0.2, 0) is 4.79 Å². The quantitative estimate of drug-likeness (QED) is 0.822. The number of nitrogens with zero attached hydrogens (tertiary/aromatic N) is 1. The van der Waals surface area contributed by atoms with Crippen molar-refractivity contribution in [3.05, 3.63) is 33.8 Å². The van der Waals surface area contributed by atoms with Crippen molar-refractivity contribution in [3.8, 4) is 6.07 Å². The van der Waals surface area contributed by atoms with Gasteiger partial charge in [0.05, 0.1) is 16.1 Å². The average molecular weight is 270 g/mol. The van der Waals surface area contributed by atoms with Gasteiger partial charge in [-0.15, -0.1) is 0 Å². The van der Waals surface area contributed by atoms with Gasteiger partial charge in [-0.1, -0.05) is 43.1 Å². The lowest BCUT2D eigenvalue weighted by molar-refractivity contribution is -0.122. The van der Waals surface area contributed by atoms with Crippen LogP contribution in [0.15, 0.2) is 18.2 Å². The van der Waals surface area contributed by atoms with Crippen LogP contribution < -0.4 is 0 Å². The van der Waals surface area contributed by atoms with Crippen LogP contribution >= 0.6 is 23.2 Å². The van der Waals surface area contributed by atoms with Gasteiger partial charge in [0.1, 0.15) is 5.92 Å². The van der Waals surface area contributed by atoms with Crippen molar-refractivity contribution in [2.45, 2.75) is 26.2 Å². The number of halogens is 2. The third kappa shape index (κ3) is 3.21. The first-order chi connectivity index (χ1) is 8.01. The standard InChI is InChI=1S/C13H13Cl2NO/c1-3-8(2)13(17)10(7-16)9-4-5-11(14)12(15)6-9/h4-6,8,10H,3H2,1-2H3. The summed E-state index contributed by atoms with van der Waals surface area (Å²) < 4.78 is 0. The molecule has 4 heteroatoms. The third-order valence-corrected chi connectivity index (χ3v) is 3.53. The predicted octanol–water partition coefficient (Wildman–Crippen LogP) is 4.22. The molecule has 2 nitrogen and oxygen atoms in total. The van der Waals surface area contributed by atoms with Gasteiger partial charge in [0.2, 0.25) is 0 Å². The number of hydrogen-bond donors (Lipinski definition) is 0. The summed E-state index contributed by atoms with van der Waals surface area (Å²) in [4.78, 5) is 12.0. The van der Waals surface area contributed by atoms with Crippen molar-refractivity contribution in [1.29, 1.82) is 5.26 Å². The van der Waals surface area contributed by atoms with Crippen molar-refractivity contribution >= 4 is 29.0 Å². The van der Waals surface area contributed by atoms with Gasteiger partial charge in [-0.2, -0.15) is 5.26 Å². The van der Waals surface area contributed by atoms with Gasteiger partial charge >= 0.3 is 0 Å². The molecule has 0 N–H and O–H groups in total. The fourth-order valence-electron chi connectivity index (χ4n) is 1.48. The number of ketones is 1. The van der Waals surface area contributed by atoms with E-state index in [2.05, 4.69) is 0 Å². The van der Waals surface area contributed by atoms with Crippen LogP contribution in [0, 0.1) is 17.2 Å². The van der Waals surface area contributed by atoms with Crippen molar-refractivity contribution in [3.63, 3.8) is 0 Å². The molecule has 2 unspecified atom stereocenters. The maximum absolute atomic E-state index is 12.0. The molecule has 90 valence electrons. The monoisotopic (exact) mass is 269 g/mol. The maximum Gasteiger partial charge on any atom is 0.157 e. The van der Waals surface area contributed by atoms with Gasteiger partial charge in [-0.25, -0.2) is 0 Å². The molecule has 0 aliphatic carbocycles. The van der Waals surface area contributed by atoms with E-state index in [9.17, 15) is 4.79 Å². The largest absolute Gasteiger partial charge is 0.298 e.